The molecule has 0 aliphatic heterocycles. The third kappa shape index (κ3) is 2.40. The minimum absolute atomic E-state index is 0.0770. The van der Waals surface area contributed by atoms with Gasteiger partial charge in [0.05, 0.1) is 17.3 Å². The number of nitrogens with one attached hydrogen (secondary N) is 1. The number of fused-ring (bicyclic) bond motifs is 1. The van der Waals surface area contributed by atoms with Gasteiger partial charge in [0.15, 0.2) is 5.65 Å². The normalized spacial score (nSPS) is 10.5. The number of aryl methyl sites for hydroxylation is 1. The molecule has 2 rings (SSSR count). The molecule has 100 valence electrons. The van der Waals surface area contributed by atoms with E-state index >= 15 is 0 Å². The Bertz CT molecular complexity index is 655. The Balaban J connectivity index is 2.66. The summed E-state index contributed by atoms with van der Waals surface area (Å²) < 4.78 is 1.70. The van der Waals surface area contributed by atoms with E-state index in [1.54, 1.807) is 10.9 Å². The highest BCUT2D eigenvalue weighted by molar-refractivity contribution is 6.03. The van der Waals surface area contributed by atoms with E-state index < -0.39 is 5.97 Å². The minimum atomic E-state index is -1.05. The Hall–Kier alpha value is -2.44. The standard InChI is InChI=1S/C12H15N5O2/c1-4-17-11-8(6-14-17)10(16-15-7(2)3)9(5-13-11)12(18)19/h5-6H,4H2,1-3H3,(H,13,16)(H,18,19). The largest absolute Gasteiger partial charge is 0.478 e. The van der Waals surface area contributed by atoms with E-state index in [1.807, 2.05) is 20.8 Å². The van der Waals surface area contributed by atoms with Gasteiger partial charge in [0, 0.05) is 18.5 Å². The molecule has 7 nitrogen and oxygen atoms in total. The molecule has 0 atom stereocenters. The van der Waals surface area contributed by atoms with Gasteiger partial charge in [0.1, 0.15) is 5.56 Å². The van der Waals surface area contributed by atoms with Gasteiger partial charge in [0.2, 0.25) is 0 Å². The van der Waals surface area contributed by atoms with Crippen molar-refractivity contribution in [3.8, 4) is 0 Å². The number of hydrazone groups is 1. The number of carbonyl (C=O) groups is 1. The first-order valence-corrected chi connectivity index (χ1v) is 5.89. The number of hydrogen-bond donors (Lipinski definition) is 2. The third-order valence-corrected chi connectivity index (χ3v) is 2.59. The second-order valence-corrected chi connectivity index (χ2v) is 4.22. The molecule has 0 aliphatic rings. The van der Waals surface area contributed by atoms with E-state index in [2.05, 4.69) is 20.6 Å². The lowest BCUT2D eigenvalue weighted by Gasteiger charge is -2.07. The third-order valence-electron chi connectivity index (χ3n) is 2.59. The van der Waals surface area contributed by atoms with Crippen molar-refractivity contribution in [1.82, 2.24) is 14.8 Å². The fraction of sp³-hybridized carbons (Fsp3) is 0.333. The zero-order chi connectivity index (χ0) is 14.0. The average molecular weight is 261 g/mol. The number of aromatic carboxylic acids is 1. The van der Waals surface area contributed by atoms with Gasteiger partial charge in [-0.2, -0.15) is 10.2 Å². The molecular weight excluding hydrogens is 246 g/mol. The average Bonchev–Trinajstić information content (AvgIpc) is 2.78. The zero-order valence-corrected chi connectivity index (χ0v) is 11.0. The highest BCUT2D eigenvalue weighted by Crippen LogP contribution is 2.26. The number of hydrogen-bond acceptors (Lipinski definition) is 5. The van der Waals surface area contributed by atoms with Crippen LogP contribution in [0.5, 0.6) is 0 Å². The molecular formula is C12H15N5O2. The Kier molecular flexibility index (Phi) is 3.46. The summed E-state index contributed by atoms with van der Waals surface area (Å²) in [5, 5.41) is 18.1. The quantitative estimate of drug-likeness (QED) is 0.648. The molecule has 19 heavy (non-hydrogen) atoms. The molecule has 0 spiro atoms. The Morgan fingerprint density at radius 3 is 2.79 bits per heavy atom. The Morgan fingerprint density at radius 1 is 1.47 bits per heavy atom. The molecule has 2 aromatic rings. The summed E-state index contributed by atoms with van der Waals surface area (Å²) in [4.78, 5) is 15.4. The van der Waals surface area contributed by atoms with Crippen molar-refractivity contribution in [3.63, 3.8) is 0 Å². The smallest absolute Gasteiger partial charge is 0.339 e. The van der Waals surface area contributed by atoms with Crippen molar-refractivity contribution in [1.29, 1.82) is 0 Å². The maximum absolute atomic E-state index is 11.2. The van der Waals surface area contributed by atoms with Crippen LogP contribution < -0.4 is 5.43 Å². The lowest BCUT2D eigenvalue weighted by molar-refractivity contribution is 0.0697. The molecule has 0 aliphatic carbocycles. The summed E-state index contributed by atoms with van der Waals surface area (Å²) in [6.07, 6.45) is 2.92. The first kappa shape index (κ1) is 13.0. The van der Waals surface area contributed by atoms with E-state index in [4.69, 9.17) is 0 Å². The van der Waals surface area contributed by atoms with Crippen LogP contribution >= 0.6 is 0 Å². The molecule has 0 amide bonds. The van der Waals surface area contributed by atoms with Crippen LogP contribution in [0, 0.1) is 0 Å². The van der Waals surface area contributed by atoms with Gasteiger partial charge in [0.25, 0.3) is 0 Å². The summed E-state index contributed by atoms with van der Waals surface area (Å²) in [5.41, 5.74) is 4.71. The van der Waals surface area contributed by atoms with Crippen molar-refractivity contribution < 1.29 is 9.90 Å². The van der Waals surface area contributed by atoms with Gasteiger partial charge in [-0.15, -0.1) is 0 Å². The van der Waals surface area contributed by atoms with Crippen LogP contribution in [0.4, 0.5) is 5.69 Å². The van der Waals surface area contributed by atoms with Gasteiger partial charge in [-0.1, -0.05) is 0 Å². The van der Waals surface area contributed by atoms with Crippen LogP contribution in [0.3, 0.4) is 0 Å². The van der Waals surface area contributed by atoms with Gasteiger partial charge >= 0.3 is 5.97 Å². The van der Waals surface area contributed by atoms with Crippen LogP contribution in [-0.4, -0.2) is 31.6 Å². The van der Waals surface area contributed by atoms with Gasteiger partial charge in [-0.3, -0.25) is 5.43 Å². The SMILES string of the molecule is CCn1ncc2c(NN=C(C)C)c(C(=O)O)cnc21. The van der Waals surface area contributed by atoms with Gasteiger partial charge in [-0.05, 0) is 20.8 Å². The lowest BCUT2D eigenvalue weighted by atomic mass is 10.2. The minimum Gasteiger partial charge on any atom is -0.478 e. The molecule has 0 aromatic carbocycles. The highest BCUT2D eigenvalue weighted by Gasteiger charge is 2.17. The molecule has 2 N–H and O–H groups in total. The first-order chi connectivity index (χ1) is 9.04. The summed E-state index contributed by atoms with van der Waals surface area (Å²) in [6, 6.07) is 0. The molecule has 0 saturated heterocycles. The van der Waals surface area contributed by atoms with E-state index in [0.29, 0.717) is 23.3 Å². The van der Waals surface area contributed by atoms with Crippen molar-refractivity contribution in [3.05, 3.63) is 18.0 Å². The number of carboxylic acid groups (broad SMARTS) is 1. The van der Waals surface area contributed by atoms with Crippen molar-refractivity contribution in [2.75, 3.05) is 5.43 Å². The van der Waals surface area contributed by atoms with Crippen LogP contribution in [0.15, 0.2) is 17.5 Å². The van der Waals surface area contributed by atoms with Crippen LogP contribution in [0.2, 0.25) is 0 Å². The summed E-state index contributed by atoms with van der Waals surface area (Å²) in [5.74, 6) is -1.05. The summed E-state index contributed by atoms with van der Waals surface area (Å²) >= 11 is 0. The van der Waals surface area contributed by atoms with Crippen LogP contribution in [0.1, 0.15) is 31.1 Å². The number of carboxylic acids is 1. The van der Waals surface area contributed by atoms with Crippen molar-refractivity contribution >= 4 is 28.4 Å². The molecule has 0 unspecified atom stereocenters. The van der Waals surface area contributed by atoms with E-state index in [1.165, 1.54) is 6.20 Å². The monoisotopic (exact) mass is 261 g/mol. The number of rotatable bonds is 4. The second-order valence-electron chi connectivity index (χ2n) is 4.22. The number of nitrogens with zero attached hydrogens (tertiary/aromatic N) is 4. The topological polar surface area (TPSA) is 92.4 Å². The van der Waals surface area contributed by atoms with Gasteiger partial charge < -0.3 is 5.11 Å². The highest BCUT2D eigenvalue weighted by atomic mass is 16.4. The van der Waals surface area contributed by atoms with E-state index in [0.717, 1.165) is 5.71 Å². The van der Waals surface area contributed by atoms with Crippen LogP contribution in [0.25, 0.3) is 11.0 Å². The maximum atomic E-state index is 11.2. The molecule has 2 aromatic heterocycles. The molecule has 2 heterocycles. The predicted octanol–water partition coefficient (Wildman–Crippen LogP) is 1.96. The predicted molar refractivity (Wildman–Crippen MR) is 72.6 cm³/mol. The Morgan fingerprint density at radius 2 is 2.21 bits per heavy atom. The van der Waals surface area contributed by atoms with Gasteiger partial charge in [-0.25, -0.2) is 14.5 Å². The summed E-state index contributed by atoms with van der Waals surface area (Å²) in [6.45, 7) is 6.25. The number of pyridine rings is 1. The van der Waals surface area contributed by atoms with Crippen LogP contribution in [-0.2, 0) is 6.54 Å². The molecule has 7 heteroatoms. The molecule has 0 radical (unpaired) electrons. The summed E-state index contributed by atoms with van der Waals surface area (Å²) in [7, 11) is 0. The van der Waals surface area contributed by atoms with E-state index in [-0.39, 0.29) is 5.56 Å². The molecule has 0 saturated carbocycles. The van der Waals surface area contributed by atoms with E-state index in [9.17, 15) is 9.90 Å². The van der Waals surface area contributed by atoms with Crippen molar-refractivity contribution in [2.24, 2.45) is 5.10 Å². The number of aromatic nitrogens is 3. The maximum Gasteiger partial charge on any atom is 0.339 e. The molecule has 0 fully saturated rings. The fourth-order valence-electron chi connectivity index (χ4n) is 1.71. The van der Waals surface area contributed by atoms with Crippen molar-refractivity contribution in [2.45, 2.75) is 27.3 Å². The fourth-order valence-corrected chi connectivity index (χ4v) is 1.71. The Labute approximate surface area is 110 Å². The second kappa shape index (κ2) is 5.05. The first-order valence-electron chi connectivity index (χ1n) is 5.89. The molecule has 0 bridgehead atoms. The zero-order valence-electron chi connectivity index (χ0n) is 11.0. The lowest BCUT2D eigenvalue weighted by Crippen LogP contribution is -2.06. The number of anilines is 1.